The number of anilines is 1. The van der Waals surface area contributed by atoms with Crippen LogP contribution in [0.25, 0.3) is 55.9 Å². The van der Waals surface area contributed by atoms with Gasteiger partial charge in [0.15, 0.2) is 0 Å². The van der Waals surface area contributed by atoms with Gasteiger partial charge in [0.05, 0.1) is 40.3 Å². The second-order valence-electron chi connectivity index (χ2n) is 14.6. The molecule has 0 atom stereocenters. The van der Waals surface area contributed by atoms with E-state index in [-0.39, 0.29) is 98.6 Å². The summed E-state index contributed by atoms with van der Waals surface area (Å²) >= 11 is 0. The first-order chi connectivity index (χ1) is 34.1. The van der Waals surface area contributed by atoms with Crippen molar-refractivity contribution in [2.24, 2.45) is 0 Å². The zero-order chi connectivity index (χ0) is 47.7. The maximum absolute atomic E-state index is 8.03. The van der Waals surface area contributed by atoms with E-state index < -0.39 is 0 Å². The zero-order valence-corrected chi connectivity index (χ0v) is 47.7. The van der Waals surface area contributed by atoms with E-state index in [0.717, 1.165) is 67.8 Å². The predicted molar refractivity (Wildman–Crippen MR) is 296 cm³/mol. The first-order valence-electron chi connectivity index (χ1n) is 21.7. The van der Waals surface area contributed by atoms with Crippen LogP contribution in [0.1, 0.15) is 11.3 Å². The number of diazo groups is 1. The molecule has 0 bridgehead atoms. The van der Waals surface area contributed by atoms with E-state index in [9.17, 15) is 0 Å². The molecule has 0 amide bonds. The molecule has 8 aromatic carbocycles. The molecule has 0 aliphatic rings. The van der Waals surface area contributed by atoms with Crippen LogP contribution >= 0.6 is 12.4 Å². The molecule has 0 spiro atoms. The third kappa shape index (κ3) is 19.8. The van der Waals surface area contributed by atoms with E-state index in [2.05, 4.69) is 77.8 Å². The van der Waals surface area contributed by atoms with Gasteiger partial charge in [-0.25, -0.2) is 14.5 Å². The SMILES string of the molecule is Cc1nnn(-c2ccccc2)c1-c1ccccc1.Cl.N.N#[N+]Nc1ccccc1.[Br-].[Br-].[C-]#Cc1ccccc1.[Mg+2].[Mg+2].[c-]1nnn(-c2ccccc2)c1-c1ccccc1.c1ccc(-c2cnnn2-c2ccccc2)cc1. The number of rotatable bonds is 7. The first-order valence-corrected chi connectivity index (χ1v) is 21.7. The van der Waals surface area contributed by atoms with Crippen LogP contribution in [0.3, 0.4) is 0 Å². The summed E-state index contributed by atoms with van der Waals surface area (Å²) in [6.07, 6.45) is 11.4. The Balaban J connectivity index is 0.000000473. The van der Waals surface area contributed by atoms with E-state index in [0.29, 0.717) is 0 Å². The number of benzene rings is 8. The molecule has 11 rings (SSSR count). The van der Waals surface area contributed by atoms with E-state index in [1.54, 1.807) is 23.0 Å². The Morgan fingerprint density at radius 1 is 0.507 bits per heavy atom. The average molecular weight is 1160 g/mol. The second kappa shape index (κ2) is 36.6. The zero-order valence-electron chi connectivity index (χ0n) is 40.9. The molecule has 11 aromatic rings. The Morgan fingerprint density at radius 3 is 1.36 bits per heavy atom. The quantitative estimate of drug-likeness (QED) is 0.0619. The number of halogens is 3. The van der Waals surface area contributed by atoms with Crippen molar-refractivity contribution in [3.05, 3.63) is 278 Å². The van der Waals surface area contributed by atoms with Gasteiger partial charge >= 0.3 is 51.2 Å². The van der Waals surface area contributed by atoms with Gasteiger partial charge in [-0.2, -0.15) is 0 Å². The minimum Gasteiger partial charge on any atom is -1.00 e. The second-order valence-corrected chi connectivity index (χ2v) is 14.6. The number of nitrogens with zero attached hydrogens (tertiary/aromatic N) is 11. The molecule has 13 nitrogen and oxygen atoms in total. The molecular weight excluding hydrogens is 1110 g/mol. The normalized spacial score (nSPS) is 9.00. The number of para-hydroxylation sites is 4. The molecule has 0 aliphatic heterocycles. The maximum Gasteiger partial charge on any atom is 2.00 e. The van der Waals surface area contributed by atoms with Crippen molar-refractivity contribution in [1.29, 1.82) is 5.39 Å². The Labute approximate surface area is 497 Å². The number of nitrogens with one attached hydrogen (secondary N) is 1. The van der Waals surface area contributed by atoms with Crippen molar-refractivity contribution in [2.45, 2.75) is 6.92 Å². The van der Waals surface area contributed by atoms with Crippen molar-refractivity contribution in [1.82, 2.24) is 51.1 Å². The fourth-order valence-electron chi connectivity index (χ4n) is 6.67. The Bertz CT molecular complexity index is 3060. The van der Waals surface area contributed by atoms with Crippen LogP contribution in [0.2, 0.25) is 0 Å². The van der Waals surface area contributed by atoms with Gasteiger partial charge in [-0.1, -0.05) is 197 Å². The van der Waals surface area contributed by atoms with E-state index in [1.807, 2.05) is 223 Å². The third-order valence-corrected chi connectivity index (χ3v) is 9.93. The first kappa shape index (κ1) is 65.7. The van der Waals surface area contributed by atoms with Gasteiger partial charge in [-0.15, -0.1) is 58.0 Å². The Hall–Kier alpha value is -7.30. The van der Waals surface area contributed by atoms with Gasteiger partial charge < -0.3 is 46.5 Å². The molecule has 0 saturated carbocycles. The van der Waals surface area contributed by atoms with Crippen molar-refractivity contribution in [3.63, 3.8) is 0 Å². The smallest absolute Gasteiger partial charge is 1.00 e. The molecule has 3 heterocycles. The fourth-order valence-corrected chi connectivity index (χ4v) is 6.67. The molecule has 3 aromatic heterocycles. The summed E-state index contributed by atoms with van der Waals surface area (Å²) in [5.41, 5.74) is 14.2. The summed E-state index contributed by atoms with van der Waals surface area (Å²) < 4.78 is 5.51. The molecular formula is C57H49Br2ClMg2N13+. The summed E-state index contributed by atoms with van der Waals surface area (Å²) in [6.45, 7) is 1.98. The molecule has 0 aliphatic carbocycles. The fraction of sp³-hybridized carbons (Fsp3) is 0.0175. The van der Waals surface area contributed by atoms with Crippen LogP contribution < -0.4 is 45.5 Å². The van der Waals surface area contributed by atoms with Crippen LogP contribution in [0, 0.1) is 30.9 Å². The largest absolute Gasteiger partial charge is 2.00 e. The summed E-state index contributed by atoms with van der Waals surface area (Å²) in [7, 11) is 0. The minimum absolute atomic E-state index is 0. The van der Waals surface area contributed by atoms with Gasteiger partial charge in [0.2, 0.25) is 0 Å². The minimum atomic E-state index is 0. The maximum atomic E-state index is 8.03. The van der Waals surface area contributed by atoms with Gasteiger partial charge in [-0.3, -0.25) is 10.6 Å². The Morgan fingerprint density at radius 2 is 0.907 bits per heavy atom. The average Bonchev–Trinajstić information content (AvgIpc) is 4.23. The molecule has 0 fully saturated rings. The van der Waals surface area contributed by atoms with Gasteiger partial charge in [0.25, 0.3) is 5.39 Å². The molecule has 4 N–H and O–H groups in total. The molecule has 18 heteroatoms. The van der Waals surface area contributed by atoms with E-state index in [4.69, 9.17) is 11.8 Å². The topological polar surface area (TPSA) is 167 Å². The number of aromatic nitrogens is 9. The van der Waals surface area contributed by atoms with Crippen LogP contribution in [0.4, 0.5) is 5.69 Å². The molecule has 0 saturated heterocycles. The summed E-state index contributed by atoms with van der Waals surface area (Å²) in [5, 5.41) is 35.3. The Kier molecular flexibility index (Phi) is 32.1. The molecule has 0 radical (unpaired) electrons. The standard InChI is InChI=1S/C15H13N3.C14H11N3.C14H10N3.C8H5.C6H6N3.2BrH.ClH.2Mg.H3N/c1-12-15(13-8-4-2-5-9-13)18(17-16-12)14-10-6-3-7-11-14;2*1-3-7-12(8-4-1)14-11-15-16-17(14)13-9-5-2-6-10-13;1-2-8-6-4-3-5-7-8;7-9-8-6-4-2-1-3-5-6;;;;;;/h2-11H,1H3;1-11H;1-10H;3-7H;1-5,8H;3*1H;;;1H3/q;;2*-1;+1;;;;2*+2;/p-2. The molecule has 0 unspecified atom stereocenters. The monoisotopic (exact) mass is 1160 g/mol. The number of hydrogen-bond acceptors (Lipinski definition) is 9. The summed E-state index contributed by atoms with van der Waals surface area (Å²) in [5.74, 6) is 2.28. The van der Waals surface area contributed by atoms with Crippen LogP contribution in [0.5, 0.6) is 0 Å². The van der Waals surface area contributed by atoms with Crippen LogP contribution in [-0.2, 0) is 0 Å². The number of hydrogen-bond donors (Lipinski definition) is 2. The number of aryl methyl sites for hydroxylation is 1. The van der Waals surface area contributed by atoms with Crippen LogP contribution in [0.15, 0.2) is 249 Å². The van der Waals surface area contributed by atoms with Gasteiger partial charge in [-0.05, 0) is 60.9 Å². The van der Waals surface area contributed by atoms with Crippen molar-refractivity contribution in [2.75, 3.05) is 5.43 Å². The third-order valence-electron chi connectivity index (χ3n) is 9.93. The van der Waals surface area contributed by atoms with Gasteiger partial charge in [0.1, 0.15) is 5.69 Å². The van der Waals surface area contributed by atoms with Crippen LogP contribution in [-0.4, -0.2) is 91.1 Å². The summed E-state index contributed by atoms with van der Waals surface area (Å²) in [4.78, 5) is 0. The molecule has 75 heavy (non-hydrogen) atoms. The van der Waals surface area contributed by atoms with Crippen molar-refractivity contribution in [3.8, 4) is 56.8 Å². The van der Waals surface area contributed by atoms with Gasteiger partial charge in [0, 0.05) is 11.1 Å². The van der Waals surface area contributed by atoms with Crippen molar-refractivity contribution < 1.29 is 34.0 Å². The van der Waals surface area contributed by atoms with E-state index in [1.165, 1.54) is 0 Å². The molecule has 366 valence electrons. The summed E-state index contributed by atoms with van der Waals surface area (Å²) in [6, 6.07) is 78.9. The van der Waals surface area contributed by atoms with Crippen molar-refractivity contribution >= 4 is 64.2 Å². The van der Waals surface area contributed by atoms with E-state index >= 15 is 0 Å². The predicted octanol–water partition coefficient (Wildman–Crippen LogP) is 6.23.